The molecule has 4 aliphatic rings. The summed E-state index contributed by atoms with van der Waals surface area (Å²) < 4.78 is 11.2. The Bertz CT molecular complexity index is 1230. The minimum absolute atomic E-state index is 0.0322. The number of ether oxygens (including phenoxy) is 1. The maximum atomic E-state index is 14.3. The second-order valence-electron chi connectivity index (χ2n) is 10.1. The van der Waals surface area contributed by atoms with Crippen LogP contribution < -0.4 is 5.32 Å². The van der Waals surface area contributed by atoms with Gasteiger partial charge in [0, 0.05) is 30.9 Å². The van der Waals surface area contributed by atoms with Gasteiger partial charge in [-0.05, 0) is 80.4 Å². The highest BCUT2D eigenvalue weighted by Gasteiger charge is 2.67. The second kappa shape index (κ2) is 7.89. The molecule has 7 nitrogen and oxygen atoms in total. The van der Waals surface area contributed by atoms with Crippen LogP contribution in [0.25, 0.3) is 0 Å². The summed E-state index contributed by atoms with van der Waals surface area (Å²) in [6, 6.07) is 6.38. The molecule has 34 heavy (non-hydrogen) atoms. The van der Waals surface area contributed by atoms with E-state index >= 15 is 0 Å². The molecule has 1 saturated heterocycles. The largest absolute Gasteiger partial charge is 0.424 e. The Labute approximate surface area is 204 Å². The zero-order valence-electron chi connectivity index (χ0n) is 19.5. The molecule has 176 valence electrons. The van der Waals surface area contributed by atoms with Crippen molar-refractivity contribution in [1.82, 2.24) is 20.4 Å². The second-order valence-corrected chi connectivity index (χ2v) is 10.5. The molecule has 2 saturated carbocycles. The number of nitrogens with zero attached hydrogens (tertiary/aromatic N) is 3. The van der Waals surface area contributed by atoms with Crippen LogP contribution >= 0.6 is 12.2 Å². The van der Waals surface area contributed by atoms with Crippen LogP contribution in [0.3, 0.4) is 0 Å². The van der Waals surface area contributed by atoms with Gasteiger partial charge in [0.1, 0.15) is 6.54 Å². The number of hydrogen-bond acceptors (Lipinski definition) is 6. The summed E-state index contributed by atoms with van der Waals surface area (Å²) in [5.41, 5.74) is 1.99. The van der Waals surface area contributed by atoms with Crippen molar-refractivity contribution in [2.45, 2.75) is 70.1 Å². The van der Waals surface area contributed by atoms with E-state index in [0.717, 1.165) is 43.2 Å². The molecule has 2 aromatic rings. The van der Waals surface area contributed by atoms with E-state index in [-0.39, 0.29) is 24.0 Å². The zero-order valence-corrected chi connectivity index (χ0v) is 20.3. The van der Waals surface area contributed by atoms with Crippen molar-refractivity contribution in [2.75, 3.05) is 7.11 Å². The lowest BCUT2D eigenvalue weighted by Crippen LogP contribution is -2.56. The molecule has 1 N–H and O–H groups in total. The quantitative estimate of drug-likeness (QED) is 0.537. The number of amides is 1. The Morgan fingerprint density at radius 3 is 2.74 bits per heavy atom. The SMILES string of the molecule is COC1CCC2(CC1)Cc1ccc(C#CC3CC3)cc1C21NC(=S)N(Cc2nnc(C)o2)C1=O. The Balaban J connectivity index is 1.43. The number of carbonyl (C=O) groups is 1. The molecule has 2 spiro atoms. The van der Waals surface area contributed by atoms with Crippen molar-refractivity contribution in [3.8, 4) is 11.8 Å². The number of thiocarbonyl (C=S) groups is 1. The molecular formula is C26H28N4O3S. The van der Waals surface area contributed by atoms with Crippen LogP contribution in [-0.2, 0) is 28.0 Å². The van der Waals surface area contributed by atoms with Crippen molar-refractivity contribution in [2.24, 2.45) is 11.3 Å². The Hall–Kier alpha value is -2.76. The van der Waals surface area contributed by atoms with E-state index in [1.807, 2.05) is 0 Å². The van der Waals surface area contributed by atoms with E-state index in [0.29, 0.717) is 22.8 Å². The monoisotopic (exact) mass is 476 g/mol. The highest BCUT2D eigenvalue weighted by molar-refractivity contribution is 7.80. The number of hydrogen-bond donors (Lipinski definition) is 1. The van der Waals surface area contributed by atoms with Gasteiger partial charge in [-0.1, -0.05) is 17.9 Å². The number of aryl methyl sites for hydroxylation is 1. The first-order valence-electron chi connectivity index (χ1n) is 12.0. The van der Waals surface area contributed by atoms with Gasteiger partial charge >= 0.3 is 0 Å². The minimum atomic E-state index is -0.912. The molecule has 1 aliphatic heterocycles. The number of fused-ring (bicyclic) bond motifs is 3. The van der Waals surface area contributed by atoms with E-state index in [1.54, 1.807) is 18.9 Å². The first-order chi connectivity index (χ1) is 16.4. The molecule has 1 atom stereocenters. The number of nitrogens with one attached hydrogen (secondary N) is 1. The Morgan fingerprint density at radius 1 is 1.26 bits per heavy atom. The molecule has 1 aromatic heterocycles. The lowest BCUT2D eigenvalue weighted by molar-refractivity contribution is -0.139. The van der Waals surface area contributed by atoms with Crippen LogP contribution in [-0.4, -0.2) is 39.3 Å². The average Bonchev–Trinajstić information content (AvgIpc) is 3.46. The normalized spacial score (nSPS) is 29.9. The van der Waals surface area contributed by atoms with Gasteiger partial charge in [0.05, 0.1) is 6.10 Å². The number of rotatable bonds is 3. The van der Waals surface area contributed by atoms with Gasteiger partial charge in [0.25, 0.3) is 5.91 Å². The number of aromatic nitrogens is 2. The van der Waals surface area contributed by atoms with Crippen LogP contribution in [0.1, 0.15) is 67.0 Å². The fourth-order valence-electron chi connectivity index (χ4n) is 6.08. The lowest BCUT2D eigenvalue weighted by atomic mass is 9.61. The fourth-order valence-corrected chi connectivity index (χ4v) is 6.38. The molecule has 3 fully saturated rings. The molecule has 2 heterocycles. The maximum Gasteiger partial charge on any atom is 0.260 e. The van der Waals surface area contributed by atoms with Gasteiger partial charge in [-0.25, -0.2) is 0 Å². The highest BCUT2D eigenvalue weighted by atomic mass is 32.1. The minimum Gasteiger partial charge on any atom is -0.424 e. The average molecular weight is 477 g/mol. The van der Waals surface area contributed by atoms with Crippen LogP contribution in [0.4, 0.5) is 0 Å². The van der Waals surface area contributed by atoms with E-state index < -0.39 is 5.54 Å². The zero-order chi connectivity index (χ0) is 23.5. The summed E-state index contributed by atoms with van der Waals surface area (Å²) in [5.74, 6) is 8.03. The van der Waals surface area contributed by atoms with Crippen molar-refractivity contribution in [3.63, 3.8) is 0 Å². The summed E-state index contributed by atoms with van der Waals surface area (Å²) in [6.07, 6.45) is 7.05. The molecule has 3 aliphatic carbocycles. The summed E-state index contributed by atoms with van der Waals surface area (Å²) in [5, 5.41) is 12.0. The number of benzene rings is 1. The van der Waals surface area contributed by atoms with Gasteiger partial charge in [-0.3, -0.25) is 9.69 Å². The van der Waals surface area contributed by atoms with Crippen LogP contribution in [0.2, 0.25) is 0 Å². The van der Waals surface area contributed by atoms with E-state index in [1.165, 1.54) is 18.4 Å². The lowest BCUT2D eigenvalue weighted by Gasteiger charge is -2.46. The first-order valence-corrected chi connectivity index (χ1v) is 12.5. The molecule has 6 rings (SSSR count). The van der Waals surface area contributed by atoms with Gasteiger partial charge in [0.2, 0.25) is 11.8 Å². The first kappa shape index (κ1) is 21.8. The highest BCUT2D eigenvalue weighted by Crippen LogP contribution is 2.60. The van der Waals surface area contributed by atoms with Crippen LogP contribution in [0, 0.1) is 30.1 Å². The maximum absolute atomic E-state index is 14.3. The van der Waals surface area contributed by atoms with Crippen molar-refractivity contribution < 1.29 is 13.9 Å². The molecule has 1 unspecified atom stereocenters. The van der Waals surface area contributed by atoms with Gasteiger partial charge in [-0.15, -0.1) is 10.2 Å². The molecule has 1 aromatic carbocycles. The van der Waals surface area contributed by atoms with E-state index in [2.05, 4.69) is 45.6 Å². The van der Waals surface area contributed by atoms with Gasteiger partial charge < -0.3 is 14.5 Å². The third-order valence-corrected chi connectivity index (χ3v) is 8.35. The number of methoxy groups -OCH3 is 1. The summed E-state index contributed by atoms with van der Waals surface area (Å²) in [7, 11) is 1.77. The predicted molar refractivity (Wildman–Crippen MR) is 128 cm³/mol. The molecular weight excluding hydrogens is 448 g/mol. The van der Waals surface area contributed by atoms with Crippen LogP contribution in [0.15, 0.2) is 22.6 Å². The standard InChI is InChI=1S/C26H28N4O3S/c1-16-28-29-22(33-16)15-30-23(31)26(27-24(30)34)21-13-18(6-5-17-3-4-17)7-8-19(21)14-25(26)11-9-20(32-2)10-12-25/h7-8,13,17,20H,3-4,9-12,14-15H2,1-2H3,(H,27,34). The van der Waals surface area contributed by atoms with Crippen molar-refractivity contribution >= 4 is 23.2 Å². The summed E-state index contributed by atoms with van der Waals surface area (Å²) >= 11 is 5.74. The number of carbonyl (C=O) groups excluding carboxylic acids is 1. The third-order valence-electron chi connectivity index (χ3n) is 8.03. The molecule has 0 radical (unpaired) electrons. The van der Waals surface area contributed by atoms with Gasteiger partial charge in [-0.2, -0.15) is 0 Å². The topological polar surface area (TPSA) is 80.5 Å². The molecule has 0 bridgehead atoms. The summed E-state index contributed by atoms with van der Waals surface area (Å²) in [4.78, 5) is 15.9. The molecule has 1 amide bonds. The summed E-state index contributed by atoms with van der Waals surface area (Å²) in [6.45, 7) is 1.90. The molecule has 8 heteroatoms. The Morgan fingerprint density at radius 2 is 2.06 bits per heavy atom. The Kier molecular flexibility index (Phi) is 5.05. The van der Waals surface area contributed by atoms with E-state index in [9.17, 15) is 4.79 Å². The van der Waals surface area contributed by atoms with Crippen molar-refractivity contribution in [3.05, 3.63) is 46.7 Å². The van der Waals surface area contributed by atoms with Crippen molar-refractivity contribution in [1.29, 1.82) is 0 Å². The van der Waals surface area contributed by atoms with E-state index in [4.69, 9.17) is 21.4 Å². The smallest absolute Gasteiger partial charge is 0.260 e. The van der Waals surface area contributed by atoms with Crippen LogP contribution in [0.5, 0.6) is 0 Å². The van der Waals surface area contributed by atoms with Gasteiger partial charge in [0.15, 0.2) is 10.7 Å². The third kappa shape index (κ3) is 3.29. The predicted octanol–water partition coefficient (Wildman–Crippen LogP) is 3.38. The fraction of sp³-hybridized carbons (Fsp3) is 0.538.